The summed E-state index contributed by atoms with van der Waals surface area (Å²) in [5, 5.41) is 0. The SMILES string of the molecule is CCCCCCCCCCCCOC(=O)CCC(=O)OCC.[NaH].[NaH]. The van der Waals surface area contributed by atoms with E-state index in [2.05, 4.69) is 6.92 Å². The van der Waals surface area contributed by atoms with Gasteiger partial charge in [0.15, 0.2) is 0 Å². The van der Waals surface area contributed by atoms with E-state index >= 15 is 0 Å². The van der Waals surface area contributed by atoms with Crippen LogP contribution in [0.15, 0.2) is 0 Å². The van der Waals surface area contributed by atoms with Crippen LogP contribution in [0.2, 0.25) is 0 Å². The van der Waals surface area contributed by atoms with Crippen LogP contribution in [0.4, 0.5) is 0 Å². The molecule has 134 valence electrons. The molecule has 0 atom stereocenters. The normalized spacial score (nSPS) is 9.58. The number of carbonyl (C=O) groups excluding carboxylic acids is 2. The van der Waals surface area contributed by atoms with E-state index in [0.29, 0.717) is 13.2 Å². The Morgan fingerprint density at radius 3 is 1.50 bits per heavy atom. The van der Waals surface area contributed by atoms with Crippen molar-refractivity contribution in [3.05, 3.63) is 0 Å². The fourth-order valence-corrected chi connectivity index (χ4v) is 2.28. The molecule has 0 aromatic heterocycles. The number of ether oxygens (including phenoxy) is 2. The number of rotatable bonds is 15. The van der Waals surface area contributed by atoms with Crippen LogP contribution in [0, 0.1) is 0 Å². The second-order valence-corrected chi connectivity index (χ2v) is 5.71. The van der Waals surface area contributed by atoms with E-state index in [4.69, 9.17) is 9.47 Å². The van der Waals surface area contributed by atoms with Gasteiger partial charge in [-0.2, -0.15) is 0 Å². The van der Waals surface area contributed by atoms with Crippen molar-refractivity contribution in [2.75, 3.05) is 13.2 Å². The Morgan fingerprint density at radius 2 is 1.04 bits per heavy atom. The zero-order valence-corrected chi connectivity index (χ0v) is 14.5. The van der Waals surface area contributed by atoms with Crippen LogP contribution in [0.1, 0.15) is 90.9 Å². The minimum atomic E-state index is -0.335. The van der Waals surface area contributed by atoms with Crippen molar-refractivity contribution in [3.8, 4) is 0 Å². The van der Waals surface area contributed by atoms with E-state index in [-0.39, 0.29) is 83.9 Å². The Bertz CT molecular complexity index is 286. The van der Waals surface area contributed by atoms with Crippen molar-refractivity contribution in [1.82, 2.24) is 0 Å². The van der Waals surface area contributed by atoms with Crippen molar-refractivity contribution >= 4 is 71.1 Å². The van der Waals surface area contributed by atoms with Gasteiger partial charge < -0.3 is 9.47 Å². The molecule has 0 unspecified atom stereocenters. The van der Waals surface area contributed by atoms with Crippen molar-refractivity contribution in [3.63, 3.8) is 0 Å². The molecule has 0 N–H and O–H groups in total. The van der Waals surface area contributed by atoms with Gasteiger partial charge in [0.1, 0.15) is 0 Å². The predicted molar refractivity (Wildman–Crippen MR) is 103 cm³/mol. The predicted octanol–water partition coefficient (Wildman–Crippen LogP) is 3.50. The molecule has 0 saturated heterocycles. The summed E-state index contributed by atoms with van der Waals surface area (Å²) in [6.45, 7) is 4.82. The molecule has 0 aliphatic rings. The fourth-order valence-electron chi connectivity index (χ4n) is 2.28. The molecular formula is C18H36Na2O4. The maximum absolute atomic E-state index is 11.4. The van der Waals surface area contributed by atoms with Crippen LogP contribution < -0.4 is 0 Å². The first-order valence-corrected chi connectivity index (χ1v) is 9.02. The Morgan fingerprint density at radius 1 is 0.625 bits per heavy atom. The van der Waals surface area contributed by atoms with Crippen LogP contribution in [-0.4, -0.2) is 84.3 Å². The van der Waals surface area contributed by atoms with Crippen LogP contribution in [0.25, 0.3) is 0 Å². The summed E-state index contributed by atoms with van der Waals surface area (Å²) < 4.78 is 9.85. The van der Waals surface area contributed by atoms with Gasteiger partial charge in [-0.3, -0.25) is 9.59 Å². The molecule has 0 amide bonds. The summed E-state index contributed by atoms with van der Waals surface area (Å²) in [6.07, 6.45) is 12.8. The summed E-state index contributed by atoms with van der Waals surface area (Å²) in [4.78, 5) is 22.5. The van der Waals surface area contributed by atoms with E-state index in [0.717, 1.165) is 12.8 Å². The molecule has 0 saturated carbocycles. The Kier molecular flexibility index (Phi) is 29.6. The Hall–Kier alpha value is 0.940. The van der Waals surface area contributed by atoms with E-state index in [9.17, 15) is 9.59 Å². The first kappa shape index (κ1) is 29.7. The molecule has 0 bridgehead atoms. The van der Waals surface area contributed by atoms with Gasteiger partial charge >= 0.3 is 71.1 Å². The minimum absolute atomic E-state index is 0. The average Bonchev–Trinajstić information content (AvgIpc) is 2.51. The van der Waals surface area contributed by atoms with Crippen molar-refractivity contribution < 1.29 is 19.1 Å². The van der Waals surface area contributed by atoms with Gasteiger partial charge in [-0.15, -0.1) is 0 Å². The van der Waals surface area contributed by atoms with Crippen LogP contribution in [0.5, 0.6) is 0 Å². The van der Waals surface area contributed by atoms with E-state index in [1.807, 2.05) is 0 Å². The zero-order chi connectivity index (χ0) is 16.5. The molecular weight excluding hydrogens is 326 g/mol. The monoisotopic (exact) mass is 362 g/mol. The van der Waals surface area contributed by atoms with Crippen LogP contribution in [-0.2, 0) is 19.1 Å². The summed E-state index contributed by atoms with van der Waals surface area (Å²) in [5.41, 5.74) is 0. The maximum atomic E-state index is 11.4. The molecule has 0 aromatic carbocycles. The molecule has 24 heavy (non-hydrogen) atoms. The number of hydrogen-bond donors (Lipinski definition) is 0. The summed E-state index contributed by atoms with van der Waals surface area (Å²) in [6, 6.07) is 0. The number of hydrogen-bond acceptors (Lipinski definition) is 4. The van der Waals surface area contributed by atoms with Gasteiger partial charge in [0.05, 0.1) is 26.1 Å². The van der Waals surface area contributed by atoms with Crippen molar-refractivity contribution in [2.24, 2.45) is 0 Å². The Balaban J connectivity index is -0.00000220. The van der Waals surface area contributed by atoms with Gasteiger partial charge in [0.25, 0.3) is 0 Å². The molecule has 6 heteroatoms. The number of carbonyl (C=O) groups is 2. The molecule has 0 radical (unpaired) electrons. The van der Waals surface area contributed by atoms with Crippen LogP contribution >= 0.6 is 0 Å². The zero-order valence-electron chi connectivity index (χ0n) is 14.5. The topological polar surface area (TPSA) is 52.6 Å². The first-order chi connectivity index (χ1) is 10.7. The summed E-state index contributed by atoms with van der Waals surface area (Å²) in [5.74, 6) is -0.637. The van der Waals surface area contributed by atoms with E-state index in [1.54, 1.807) is 6.92 Å². The Labute approximate surface area is 192 Å². The van der Waals surface area contributed by atoms with Gasteiger partial charge in [-0.25, -0.2) is 0 Å². The summed E-state index contributed by atoms with van der Waals surface area (Å²) >= 11 is 0. The number of esters is 2. The van der Waals surface area contributed by atoms with Gasteiger partial charge in [-0.1, -0.05) is 64.7 Å². The van der Waals surface area contributed by atoms with Gasteiger partial charge in [0.2, 0.25) is 0 Å². The van der Waals surface area contributed by atoms with Gasteiger partial charge in [0, 0.05) is 0 Å². The third-order valence-electron chi connectivity index (χ3n) is 3.60. The molecule has 0 rings (SSSR count). The van der Waals surface area contributed by atoms with Crippen molar-refractivity contribution in [1.29, 1.82) is 0 Å². The summed E-state index contributed by atoms with van der Waals surface area (Å²) in [7, 11) is 0. The van der Waals surface area contributed by atoms with Gasteiger partial charge in [-0.05, 0) is 13.3 Å². The third kappa shape index (κ3) is 22.9. The molecule has 0 spiro atoms. The van der Waals surface area contributed by atoms with Crippen LogP contribution in [0.3, 0.4) is 0 Å². The second-order valence-electron chi connectivity index (χ2n) is 5.71. The molecule has 0 fully saturated rings. The molecule has 0 aromatic rings. The van der Waals surface area contributed by atoms with E-state index in [1.165, 1.54) is 51.4 Å². The third-order valence-corrected chi connectivity index (χ3v) is 3.60. The van der Waals surface area contributed by atoms with Crippen molar-refractivity contribution in [2.45, 2.75) is 90.9 Å². The molecule has 0 aliphatic heterocycles. The molecule has 0 aliphatic carbocycles. The number of unbranched alkanes of at least 4 members (excludes halogenated alkanes) is 9. The average molecular weight is 362 g/mol. The first-order valence-electron chi connectivity index (χ1n) is 9.02. The molecule has 4 nitrogen and oxygen atoms in total. The standard InChI is InChI=1S/C18H34O4.2Na.2H/c1-3-5-6-7-8-9-10-11-12-13-16-22-18(20)15-14-17(19)21-4-2;;;;/h3-16H2,1-2H3;;;;. The fraction of sp³-hybridized carbons (Fsp3) is 0.889. The van der Waals surface area contributed by atoms with E-state index < -0.39 is 0 Å². The quantitative estimate of drug-likeness (QED) is 0.254. The molecule has 0 heterocycles. The second kappa shape index (κ2) is 23.9.